The predicted molar refractivity (Wildman–Crippen MR) is 73.2 cm³/mol. The molecule has 0 atom stereocenters. The van der Waals surface area contributed by atoms with Crippen LogP contribution in [0, 0.1) is 0 Å². The van der Waals surface area contributed by atoms with Gasteiger partial charge in [-0.2, -0.15) is 0 Å². The minimum absolute atomic E-state index is 0.228. The Labute approximate surface area is 125 Å². The number of rotatable bonds is 6. The third kappa shape index (κ3) is 5.27. The summed E-state index contributed by atoms with van der Waals surface area (Å²) in [7, 11) is 0. The van der Waals surface area contributed by atoms with Crippen molar-refractivity contribution in [3.05, 3.63) is 27.2 Å². The molecule has 0 radical (unpaired) electrons. The minimum atomic E-state index is -0.587. The summed E-state index contributed by atoms with van der Waals surface area (Å²) in [6.07, 6.45) is -0.340. The second-order valence-electron chi connectivity index (χ2n) is 3.51. The van der Waals surface area contributed by atoms with Crippen LogP contribution in [0.4, 0.5) is 0 Å². The maximum atomic E-state index is 11.4. The van der Waals surface area contributed by atoms with E-state index in [1.165, 1.54) is 12.1 Å². The van der Waals surface area contributed by atoms with Crippen molar-refractivity contribution in [3.63, 3.8) is 0 Å². The monoisotopic (exact) mass is 324 g/mol. The molecular weight excluding hydrogens is 314 g/mol. The normalized spacial score (nSPS) is 10.1. The lowest BCUT2D eigenvalue weighted by molar-refractivity contribution is -0.145. The summed E-state index contributed by atoms with van der Waals surface area (Å²) in [6.45, 7) is 1.59. The van der Waals surface area contributed by atoms with Crippen LogP contribution in [0.2, 0.25) is 15.1 Å². The zero-order chi connectivity index (χ0) is 14.4. The topological polar surface area (TPSA) is 52.6 Å². The van der Waals surface area contributed by atoms with Crippen molar-refractivity contribution in [2.45, 2.75) is 13.3 Å². The molecule has 0 aliphatic heterocycles. The predicted octanol–water partition coefficient (Wildman–Crippen LogP) is 3.55. The van der Waals surface area contributed by atoms with E-state index in [0.29, 0.717) is 0 Å². The van der Waals surface area contributed by atoms with E-state index in [0.717, 1.165) is 0 Å². The van der Waals surface area contributed by atoms with Crippen molar-refractivity contribution in [2.75, 3.05) is 13.2 Å². The molecule has 7 heteroatoms. The number of hydrogen-bond donors (Lipinski definition) is 0. The van der Waals surface area contributed by atoms with Crippen molar-refractivity contribution in [1.82, 2.24) is 0 Å². The Hall–Kier alpha value is -0.970. The molecule has 1 aromatic carbocycles. The lowest BCUT2D eigenvalue weighted by Crippen LogP contribution is -2.17. The zero-order valence-electron chi connectivity index (χ0n) is 10.0. The summed E-state index contributed by atoms with van der Waals surface area (Å²) in [5, 5.41) is 0.786. The van der Waals surface area contributed by atoms with Gasteiger partial charge in [-0.15, -0.1) is 0 Å². The number of Topliss-reactive ketones (excluding diaryl/α,β-unsaturated/α-hetero) is 1. The molecule has 0 aromatic heterocycles. The number of benzene rings is 1. The molecule has 0 unspecified atom stereocenters. The summed E-state index contributed by atoms with van der Waals surface area (Å²) < 4.78 is 9.82. The Balaban J connectivity index is 2.55. The molecule has 0 amide bonds. The molecular formula is C12H11Cl3O4. The molecule has 0 heterocycles. The van der Waals surface area contributed by atoms with E-state index >= 15 is 0 Å². The van der Waals surface area contributed by atoms with Gasteiger partial charge in [-0.05, 0) is 13.0 Å². The Bertz CT molecular complexity index is 488. The van der Waals surface area contributed by atoms with Crippen molar-refractivity contribution < 1.29 is 19.1 Å². The van der Waals surface area contributed by atoms with Crippen LogP contribution in [-0.4, -0.2) is 25.0 Å². The number of ketones is 1. The van der Waals surface area contributed by atoms with E-state index in [1.807, 2.05) is 0 Å². The van der Waals surface area contributed by atoms with Crippen molar-refractivity contribution in [2.24, 2.45) is 0 Å². The molecule has 1 rings (SSSR count). The maximum absolute atomic E-state index is 11.4. The van der Waals surface area contributed by atoms with Crippen molar-refractivity contribution in [1.29, 1.82) is 0 Å². The van der Waals surface area contributed by atoms with Crippen LogP contribution in [0.1, 0.15) is 13.3 Å². The molecule has 19 heavy (non-hydrogen) atoms. The van der Waals surface area contributed by atoms with Gasteiger partial charge < -0.3 is 9.47 Å². The van der Waals surface area contributed by atoms with Gasteiger partial charge in [0.1, 0.15) is 18.8 Å². The molecule has 0 aliphatic rings. The van der Waals surface area contributed by atoms with Gasteiger partial charge in [0.15, 0.2) is 5.78 Å². The highest BCUT2D eigenvalue weighted by atomic mass is 35.5. The number of halogens is 3. The van der Waals surface area contributed by atoms with Gasteiger partial charge in [-0.3, -0.25) is 9.59 Å². The van der Waals surface area contributed by atoms with Crippen LogP contribution in [0.3, 0.4) is 0 Å². The highest BCUT2D eigenvalue weighted by Gasteiger charge is 2.13. The van der Waals surface area contributed by atoms with Crippen LogP contribution in [0.25, 0.3) is 0 Å². The van der Waals surface area contributed by atoms with E-state index in [-0.39, 0.29) is 40.5 Å². The Kier molecular flexibility index (Phi) is 6.42. The molecule has 0 bridgehead atoms. The molecule has 0 saturated heterocycles. The first-order chi connectivity index (χ1) is 8.93. The summed E-state index contributed by atoms with van der Waals surface area (Å²) in [4.78, 5) is 22.5. The SMILES string of the molecule is CCOC(=O)CC(=O)COc1cc(Cl)c(Cl)cc1Cl. The van der Waals surface area contributed by atoms with Crippen molar-refractivity contribution >= 4 is 46.6 Å². The van der Waals surface area contributed by atoms with Gasteiger partial charge in [0.25, 0.3) is 0 Å². The summed E-state index contributed by atoms with van der Waals surface area (Å²) in [5.74, 6) is -0.773. The second kappa shape index (κ2) is 7.58. The van der Waals surface area contributed by atoms with Crippen molar-refractivity contribution in [3.8, 4) is 5.75 Å². The summed E-state index contributed by atoms with van der Waals surface area (Å²) >= 11 is 17.4. The molecule has 4 nitrogen and oxygen atoms in total. The van der Waals surface area contributed by atoms with Gasteiger partial charge in [0, 0.05) is 6.07 Å². The fourth-order valence-electron chi connectivity index (χ4n) is 1.20. The molecule has 0 fully saturated rings. The third-order valence-electron chi connectivity index (χ3n) is 2.01. The van der Waals surface area contributed by atoms with Gasteiger partial charge in [0.05, 0.1) is 21.7 Å². The van der Waals surface area contributed by atoms with Crippen LogP contribution >= 0.6 is 34.8 Å². The molecule has 0 saturated carbocycles. The third-order valence-corrected chi connectivity index (χ3v) is 3.03. The number of hydrogen-bond acceptors (Lipinski definition) is 4. The van der Waals surface area contributed by atoms with Gasteiger partial charge in [-0.1, -0.05) is 34.8 Å². The number of esters is 1. The molecule has 0 aliphatic carbocycles. The first-order valence-electron chi connectivity index (χ1n) is 5.38. The van der Waals surface area contributed by atoms with Gasteiger partial charge in [0.2, 0.25) is 0 Å². The van der Waals surface area contributed by atoms with E-state index in [2.05, 4.69) is 4.74 Å². The maximum Gasteiger partial charge on any atom is 0.313 e. The van der Waals surface area contributed by atoms with Crippen LogP contribution in [0.15, 0.2) is 12.1 Å². The Morgan fingerprint density at radius 3 is 2.37 bits per heavy atom. The molecule has 0 N–H and O–H groups in total. The molecule has 0 spiro atoms. The standard InChI is InChI=1S/C12H11Cl3O4/c1-2-18-12(17)3-7(16)6-19-11-5-9(14)8(13)4-10(11)15/h4-5H,2-3,6H2,1H3. The van der Waals surface area contributed by atoms with E-state index in [1.54, 1.807) is 6.92 Å². The number of carbonyl (C=O) groups is 2. The average molecular weight is 326 g/mol. The highest BCUT2D eigenvalue weighted by Crippen LogP contribution is 2.33. The first kappa shape index (κ1) is 16.1. The quantitative estimate of drug-likeness (QED) is 0.456. The van der Waals surface area contributed by atoms with E-state index in [4.69, 9.17) is 39.5 Å². The smallest absolute Gasteiger partial charge is 0.313 e. The Morgan fingerprint density at radius 1 is 1.11 bits per heavy atom. The van der Waals surface area contributed by atoms with E-state index < -0.39 is 11.8 Å². The number of carbonyl (C=O) groups excluding carboxylic acids is 2. The van der Waals surface area contributed by atoms with Crippen LogP contribution < -0.4 is 4.74 Å². The van der Waals surface area contributed by atoms with Crippen LogP contribution in [0.5, 0.6) is 5.75 Å². The lowest BCUT2D eigenvalue weighted by Gasteiger charge is -2.08. The second-order valence-corrected chi connectivity index (χ2v) is 4.73. The average Bonchev–Trinajstić information content (AvgIpc) is 2.32. The van der Waals surface area contributed by atoms with Gasteiger partial charge >= 0.3 is 5.97 Å². The Morgan fingerprint density at radius 2 is 1.74 bits per heavy atom. The number of ether oxygens (including phenoxy) is 2. The molecule has 1 aromatic rings. The first-order valence-corrected chi connectivity index (χ1v) is 6.52. The van der Waals surface area contributed by atoms with Gasteiger partial charge in [-0.25, -0.2) is 0 Å². The van der Waals surface area contributed by atoms with Crippen LogP contribution in [-0.2, 0) is 14.3 Å². The fraction of sp³-hybridized carbons (Fsp3) is 0.333. The summed E-state index contributed by atoms with van der Waals surface area (Å²) in [5.41, 5.74) is 0. The lowest BCUT2D eigenvalue weighted by atomic mass is 10.3. The zero-order valence-corrected chi connectivity index (χ0v) is 12.3. The largest absolute Gasteiger partial charge is 0.484 e. The fourth-order valence-corrected chi connectivity index (χ4v) is 1.79. The highest BCUT2D eigenvalue weighted by molar-refractivity contribution is 6.43. The molecule has 104 valence electrons. The summed E-state index contributed by atoms with van der Waals surface area (Å²) in [6, 6.07) is 2.82. The van der Waals surface area contributed by atoms with E-state index in [9.17, 15) is 9.59 Å². The minimum Gasteiger partial charge on any atom is -0.484 e.